The number of rotatable bonds is 9. The van der Waals surface area contributed by atoms with Gasteiger partial charge < -0.3 is 14.4 Å². The van der Waals surface area contributed by atoms with E-state index in [0.717, 1.165) is 10.6 Å². The van der Waals surface area contributed by atoms with Gasteiger partial charge in [0.2, 0.25) is 5.91 Å². The van der Waals surface area contributed by atoms with Crippen molar-refractivity contribution >= 4 is 23.2 Å². The summed E-state index contributed by atoms with van der Waals surface area (Å²) < 4.78 is 9.93. The number of nitrogens with zero attached hydrogens (tertiary/aromatic N) is 3. The van der Waals surface area contributed by atoms with Gasteiger partial charge in [-0.25, -0.2) is 4.98 Å². The minimum Gasteiger partial charge on any atom is -0.465 e. The second-order valence-electron chi connectivity index (χ2n) is 5.18. The molecule has 1 amide bonds. The van der Waals surface area contributed by atoms with Gasteiger partial charge >= 0.3 is 5.97 Å². The Morgan fingerprint density at radius 3 is 2.88 bits per heavy atom. The van der Waals surface area contributed by atoms with Crippen LogP contribution in [0.15, 0.2) is 29.9 Å². The normalized spacial score (nSPS) is 10.5. The van der Waals surface area contributed by atoms with Crippen molar-refractivity contribution in [3.05, 3.63) is 35.6 Å². The SMILES string of the molecule is CCOC(=O)CN(CCOC)C(=O)Cc1csc(-c2cccnc2)n1. The van der Waals surface area contributed by atoms with Crippen molar-refractivity contribution in [1.29, 1.82) is 0 Å². The van der Waals surface area contributed by atoms with E-state index in [2.05, 4.69) is 9.97 Å². The van der Waals surface area contributed by atoms with Crippen LogP contribution in [0.2, 0.25) is 0 Å². The molecule has 0 atom stereocenters. The molecule has 0 fully saturated rings. The molecule has 0 aliphatic carbocycles. The number of thiazole rings is 1. The number of methoxy groups -OCH3 is 1. The molecule has 2 heterocycles. The number of amides is 1. The number of hydrogen-bond donors (Lipinski definition) is 0. The van der Waals surface area contributed by atoms with Gasteiger partial charge in [-0.05, 0) is 19.1 Å². The van der Waals surface area contributed by atoms with Gasteiger partial charge in [-0.15, -0.1) is 11.3 Å². The Balaban J connectivity index is 2.02. The maximum Gasteiger partial charge on any atom is 0.325 e. The molecule has 0 N–H and O–H groups in total. The quantitative estimate of drug-likeness (QED) is 0.632. The molecule has 2 rings (SSSR count). The highest BCUT2D eigenvalue weighted by Gasteiger charge is 2.19. The molecule has 0 bridgehead atoms. The van der Waals surface area contributed by atoms with Gasteiger partial charge in [0, 0.05) is 37.0 Å². The zero-order chi connectivity index (χ0) is 18.1. The summed E-state index contributed by atoms with van der Waals surface area (Å²) in [7, 11) is 1.55. The molecule has 134 valence electrons. The molecule has 2 aromatic heterocycles. The second kappa shape index (κ2) is 9.85. The van der Waals surface area contributed by atoms with E-state index in [1.54, 1.807) is 26.4 Å². The van der Waals surface area contributed by atoms with Crippen molar-refractivity contribution in [3.8, 4) is 10.6 Å². The Morgan fingerprint density at radius 2 is 2.20 bits per heavy atom. The highest BCUT2D eigenvalue weighted by atomic mass is 32.1. The summed E-state index contributed by atoms with van der Waals surface area (Å²) in [6.45, 7) is 2.60. The third kappa shape index (κ3) is 5.91. The summed E-state index contributed by atoms with van der Waals surface area (Å²) in [4.78, 5) is 34.2. The molecule has 25 heavy (non-hydrogen) atoms. The van der Waals surface area contributed by atoms with Crippen LogP contribution in [0.3, 0.4) is 0 Å². The molecule has 8 heteroatoms. The number of esters is 1. The smallest absolute Gasteiger partial charge is 0.325 e. The van der Waals surface area contributed by atoms with Crippen LogP contribution in [0.1, 0.15) is 12.6 Å². The fourth-order valence-corrected chi connectivity index (χ4v) is 2.94. The molecule has 0 aliphatic heterocycles. The topological polar surface area (TPSA) is 81.6 Å². The van der Waals surface area contributed by atoms with E-state index in [1.807, 2.05) is 17.5 Å². The molecule has 7 nitrogen and oxygen atoms in total. The van der Waals surface area contributed by atoms with Crippen LogP contribution in [0.25, 0.3) is 10.6 Å². The number of carbonyl (C=O) groups is 2. The van der Waals surface area contributed by atoms with Gasteiger partial charge in [0.25, 0.3) is 0 Å². The van der Waals surface area contributed by atoms with E-state index in [4.69, 9.17) is 9.47 Å². The van der Waals surface area contributed by atoms with Crippen LogP contribution in [0.4, 0.5) is 0 Å². The van der Waals surface area contributed by atoms with Crippen molar-refractivity contribution in [2.75, 3.05) is 33.4 Å². The summed E-state index contributed by atoms with van der Waals surface area (Å²) in [5, 5.41) is 2.66. The Bertz CT molecular complexity index is 690. The Labute approximate surface area is 150 Å². The van der Waals surface area contributed by atoms with Gasteiger partial charge in [0.15, 0.2) is 0 Å². The average Bonchev–Trinajstić information content (AvgIpc) is 3.08. The summed E-state index contributed by atoms with van der Waals surface area (Å²) in [6, 6.07) is 3.76. The number of hydrogen-bond acceptors (Lipinski definition) is 7. The fourth-order valence-electron chi connectivity index (χ4n) is 2.13. The summed E-state index contributed by atoms with van der Waals surface area (Å²) in [5.74, 6) is -0.616. The number of carbonyl (C=O) groups excluding carboxylic acids is 2. The molecule has 0 radical (unpaired) electrons. The minimum absolute atomic E-state index is 0.0877. The zero-order valence-corrected chi connectivity index (χ0v) is 15.1. The third-order valence-corrected chi connectivity index (χ3v) is 4.28. The van der Waals surface area contributed by atoms with Gasteiger partial charge in [-0.3, -0.25) is 14.6 Å². The molecule has 0 saturated carbocycles. The third-order valence-electron chi connectivity index (χ3n) is 3.34. The lowest BCUT2D eigenvalue weighted by atomic mass is 10.2. The molecular weight excluding hydrogens is 342 g/mol. The summed E-state index contributed by atoms with van der Waals surface area (Å²) >= 11 is 1.46. The fraction of sp³-hybridized carbons (Fsp3) is 0.412. The standard InChI is InChI=1S/C17H21N3O4S/c1-3-24-16(22)11-20(7-8-23-2)15(21)9-14-12-25-17(19-14)13-5-4-6-18-10-13/h4-6,10,12H,3,7-9,11H2,1-2H3. The maximum absolute atomic E-state index is 12.5. The summed E-state index contributed by atoms with van der Waals surface area (Å²) in [6.07, 6.45) is 3.56. The second-order valence-corrected chi connectivity index (χ2v) is 6.03. The zero-order valence-electron chi connectivity index (χ0n) is 14.3. The van der Waals surface area contributed by atoms with Crippen molar-refractivity contribution < 1.29 is 19.1 Å². The van der Waals surface area contributed by atoms with Crippen molar-refractivity contribution in [1.82, 2.24) is 14.9 Å². The van der Waals surface area contributed by atoms with Gasteiger partial charge in [0.05, 0.1) is 25.3 Å². The molecule has 0 aliphatic rings. The van der Waals surface area contributed by atoms with Gasteiger partial charge in [-0.1, -0.05) is 0 Å². The predicted octanol–water partition coefficient (Wildman–Crippen LogP) is 1.79. The first-order chi connectivity index (χ1) is 12.1. The van der Waals surface area contributed by atoms with Crippen LogP contribution in [-0.2, 0) is 25.5 Å². The van der Waals surface area contributed by atoms with Crippen LogP contribution in [0.5, 0.6) is 0 Å². The lowest BCUT2D eigenvalue weighted by Gasteiger charge is -2.21. The lowest BCUT2D eigenvalue weighted by Crippen LogP contribution is -2.39. The van der Waals surface area contributed by atoms with Crippen LogP contribution in [-0.4, -0.2) is 60.2 Å². The van der Waals surface area contributed by atoms with Crippen molar-refractivity contribution in [2.24, 2.45) is 0 Å². The monoisotopic (exact) mass is 363 g/mol. The molecule has 2 aromatic rings. The molecule has 0 unspecified atom stereocenters. The highest BCUT2D eigenvalue weighted by Crippen LogP contribution is 2.23. The highest BCUT2D eigenvalue weighted by molar-refractivity contribution is 7.13. The number of pyridine rings is 1. The van der Waals surface area contributed by atoms with E-state index < -0.39 is 5.97 Å². The van der Waals surface area contributed by atoms with E-state index in [1.165, 1.54) is 16.2 Å². The van der Waals surface area contributed by atoms with E-state index in [-0.39, 0.29) is 25.5 Å². The summed E-state index contributed by atoms with van der Waals surface area (Å²) in [5.41, 5.74) is 1.58. The molecule has 0 saturated heterocycles. The first-order valence-corrected chi connectivity index (χ1v) is 8.79. The first-order valence-electron chi connectivity index (χ1n) is 7.91. The average molecular weight is 363 g/mol. The molecule has 0 spiro atoms. The number of ether oxygens (including phenoxy) is 2. The van der Waals surface area contributed by atoms with Gasteiger partial charge in [0.1, 0.15) is 11.6 Å². The van der Waals surface area contributed by atoms with Crippen LogP contribution in [0, 0.1) is 0 Å². The van der Waals surface area contributed by atoms with E-state index >= 15 is 0 Å². The van der Waals surface area contributed by atoms with E-state index in [9.17, 15) is 9.59 Å². The maximum atomic E-state index is 12.5. The lowest BCUT2D eigenvalue weighted by molar-refractivity contribution is -0.149. The van der Waals surface area contributed by atoms with Crippen LogP contribution >= 0.6 is 11.3 Å². The Morgan fingerprint density at radius 1 is 1.36 bits per heavy atom. The minimum atomic E-state index is -0.429. The largest absolute Gasteiger partial charge is 0.465 e. The molecule has 0 aromatic carbocycles. The van der Waals surface area contributed by atoms with Crippen molar-refractivity contribution in [2.45, 2.75) is 13.3 Å². The van der Waals surface area contributed by atoms with Gasteiger partial charge in [-0.2, -0.15) is 0 Å². The first kappa shape index (κ1) is 19.0. The van der Waals surface area contributed by atoms with Crippen LogP contribution < -0.4 is 0 Å². The Kier molecular flexibility index (Phi) is 7.49. The van der Waals surface area contributed by atoms with E-state index in [0.29, 0.717) is 18.8 Å². The Hall–Kier alpha value is -2.32. The number of aromatic nitrogens is 2. The molecular formula is C17H21N3O4S. The van der Waals surface area contributed by atoms with Crippen molar-refractivity contribution in [3.63, 3.8) is 0 Å². The predicted molar refractivity (Wildman–Crippen MR) is 94.1 cm³/mol.